The number of nitrogens with zero attached hydrogens (tertiary/aromatic N) is 2. The first-order chi connectivity index (χ1) is 9.23. The van der Waals surface area contributed by atoms with Gasteiger partial charge in [-0.05, 0) is 44.6 Å². The van der Waals surface area contributed by atoms with Crippen LogP contribution in [0, 0.1) is 5.92 Å². The highest BCUT2D eigenvalue weighted by Crippen LogP contribution is 2.37. The molecule has 0 spiro atoms. The monoisotopic (exact) mass is 263 g/mol. The molecule has 4 nitrogen and oxygen atoms in total. The van der Waals surface area contributed by atoms with Gasteiger partial charge >= 0.3 is 0 Å². The van der Waals surface area contributed by atoms with Crippen LogP contribution in [-0.4, -0.2) is 16.7 Å². The average Bonchev–Trinajstić information content (AvgIpc) is 3.09. The zero-order chi connectivity index (χ0) is 13.3. The van der Waals surface area contributed by atoms with Gasteiger partial charge in [-0.1, -0.05) is 31.8 Å². The van der Waals surface area contributed by atoms with Gasteiger partial charge in [-0.25, -0.2) is 0 Å². The molecule has 106 valence electrons. The number of hydrogen-bond acceptors (Lipinski definition) is 4. The van der Waals surface area contributed by atoms with E-state index in [1.54, 1.807) is 0 Å². The van der Waals surface area contributed by atoms with Crippen LogP contribution in [0.4, 0.5) is 0 Å². The molecule has 1 saturated carbocycles. The summed E-state index contributed by atoms with van der Waals surface area (Å²) in [5.74, 6) is 3.15. The van der Waals surface area contributed by atoms with Crippen molar-refractivity contribution >= 4 is 0 Å². The van der Waals surface area contributed by atoms with Crippen molar-refractivity contribution < 1.29 is 4.52 Å². The summed E-state index contributed by atoms with van der Waals surface area (Å²) in [6.07, 6.45) is 8.37. The van der Waals surface area contributed by atoms with Crippen LogP contribution < -0.4 is 5.32 Å². The van der Waals surface area contributed by atoms with E-state index in [4.69, 9.17) is 9.51 Å². The lowest BCUT2D eigenvalue weighted by molar-refractivity contribution is 0.247. The first-order valence-electron chi connectivity index (χ1n) is 7.82. The minimum Gasteiger partial charge on any atom is -0.337 e. The van der Waals surface area contributed by atoms with Crippen LogP contribution in [0.15, 0.2) is 4.52 Å². The second-order valence-electron chi connectivity index (χ2n) is 6.38. The molecule has 1 aromatic heterocycles. The fraction of sp³-hybridized carbons (Fsp3) is 0.867. The smallest absolute Gasteiger partial charge is 0.246 e. The Balaban J connectivity index is 1.75. The summed E-state index contributed by atoms with van der Waals surface area (Å²) in [5.41, 5.74) is -0.0484. The number of aromatic nitrogens is 2. The Bertz CT molecular complexity index is 415. The molecule has 2 fully saturated rings. The van der Waals surface area contributed by atoms with Gasteiger partial charge in [0.2, 0.25) is 5.89 Å². The molecule has 1 unspecified atom stereocenters. The number of rotatable bonds is 3. The molecule has 0 aromatic carbocycles. The van der Waals surface area contributed by atoms with Gasteiger partial charge < -0.3 is 9.84 Å². The van der Waals surface area contributed by atoms with Crippen LogP contribution in [0.25, 0.3) is 0 Å². The fourth-order valence-electron chi connectivity index (χ4n) is 3.56. The van der Waals surface area contributed by atoms with Gasteiger partial charge in [0, 0.05) is 5.92 Å². The van der Waals surface area contributed by atoms with Crippen LogP contribution >= 0.6 is 0 Å². The Morgan fingerprint density at radius 3 is 2.74 bits per heavy atom. The van der Waals surface area contributed by atoms with E-state index in [-0.39, 0.29) is 5.54 Å². The summed E-state index contributed by atoms with van der Waals surface area (Å²) < 4.78 is 5.60. The summed E-state index contributed by atoms with van der Waals surface area (Å²) in [6.45, 7) is 5.60. The first kappa shape index (κ1) is 13.1. The summed E-state index contributed by atoms with van der Waals surface area (Å²) in [6, 6.07) is 0. The van der Waals surface area contributed by atoms with Crippen molar-refractivity contribution in [3.8, 4) is 0 Å². The molecule has 2 aliphatic rings. The second-order valence-corrected chi connectivity index (χ2v) is 6.38. The summed E-state index contributed by atoms with van der Waals surface area (Å²) >= 11 is 0. The van der Waals surface area contributed by atoms with E-state index >= 15 is 0 Å². The van der Waals surface area contributed by atoms with E-state index in [1.165, 1.54) is 32.1 Å². The van der Waals surface area contributed by atoms with Crippen LogP contribution in [0.3, 0.4) is 0 Å². The molecule has 1 aromatic rings. The average molecular weight is 263 g/mol. The molecule has 1 saturated heterocycles. The maximum absolute atomic E-state index is 5.60. The molecule has 2 heterocycles. The lowest BCUT2D eigenvalue weighted by Gasteiger charge is -2.24. The molecule has 0 bridgehead atoms. The molecule has 1 atom stereocenters. The Labute approximate surface area is 115 Å². The molecule has 3 rings (SSSR count). The molecule has 1 aliphatic heterocycles. The summed E-state index contributed by atoms with van der Waals surface area (Å²) in [5, 5.41) is 7.84. The minimum absolute atomic E-state index is 0.0484. The van der Waals surface area contributed by atoms with Crippen molar-refractivity contribution in [3.05, 3.63) is 11.7 Å². The van der Waals surface area contributed by atoms with E-state index in [0.717, 1.165) is 37.0 Å². The molecular formula is C15H25N3O. The van der Waals surface area contributed by atoms with Crippen molar-refractivity contribution in [3.63, 3.8) is 0 Å². The molecule has 0 amide bonds. The van der Waals surface area contributed by atoms with Gasteiger partial charge in [0.1, 0.15) is 0 Å². The lowest BCUT2D eigenvalue weighted by atomic mass is 9.82. The van der Waals surface area contributed by atoms with Crippen LogP contribution in [0.1, 0.15) is 76.4 Å². The predicted octanol–water partition coefficient (Wildman–Crippen LogP) is 3.35. The lowest BCUT2D eigenvalue weighted by Crippen LogP contribution is -2.36. The van der Waals surface area contributed by atoms with Crippen LogP contribution in [0.5, 0.6) is 0 Å². The number of hydrogen-bond donors (Lipinski definition) is 1. The minimum atomic E-state index is -0.0484. The highest BCUT2D eigenvalue weighted by Gasteiger charge is 2.39. The van der Waals surface area contributed by atoms with E-state index in [2.05, 4.69) is 24.3 Å². The van der Waals surface area contributed by atoms with E-state index in [1.807, 2.05) is 0 Å². The standard InChI is InChI=1S/C15H25N3O/c1-3-15(9-4-10-16-15)14-17-13(18-19-14)12-7-5-11(2)6-8-12/h11-12,16H,3-10H2,1-2H3. The van der Waals surface area contributed by atoms with E-state index in [0.29, 0.717) is 5.92 Å². The molecule has 4 heteroatoms. The SMILES string of the molecule is CCC1(c2nc(C3CCC(C)CC3)no2)CCCN1. The Kier molecular flexibility index (Phi) is 3.61. The normalized spacial score (nSPS) is 35.7. The Morgan fingerprint density at radius 2 is 2.11 bits per heavy atom. The quantitative estimate of drug-likeness (QED) is 0.908. The molecule has 1 aliphatic carbocycles. The molecular weight excluding hydrogens is 238 g/mol. The van der Waals surface area contributed by atoms with Crippen molar-refractivity contribution in [2.45, 2.75) is 70.3 Å². The largest absolute Gasteiger partial charge is 0.337 e. The van der Waals surface area contributed by atoms with Gasteiger partial charge in [-0.2, -0.15) is 4.98 Å². The Hall–Kier alpha value is -0.900. The third-order valence-corrected chi connectivity index (χ3v) is 5.08. The highest BCUT2D eigenvalue weighted by atomic mass is 16.5. The van der Waals surface area contributed by atoms with Crippen molar-refractivity contribution in [2.24, 2.45) is 5.92 Å². The van der Waals surface area contributed by atoms with Gasteiger partial charge in [-0.15, -0.1) is 0 Å². The molecule has 1 N–H and O–H groups in total. The second kappa shape index (κ2) is 5.23. The zero-order valence-electron chi connectivity index (χ0n) is 12.1. The maximum atomic E-state index is 5.60. The van der Waals surface area contributed by atoms with E-state index < -0.39 is 0 Å². The third kappa shape index (κ3) is 2.42. The summed E-state index contributed by atoms with van der Waals surface area (Å²) in [7, 11) is 0. The van der Waals surface area contributed by atoms with Crippen molar-refractivity contribution in [1.29, 1.82) is 0 Å². The summed E-state index contributed by atoms with van der Waals surface area (Å²) in [4.78, 5) is 4.74. The van der Waals surface area contributed by atoms with E-state index in [9.17, 15) is 0 Å². The third-order valence-electron chi connectivity index (χ3n) is 5.08. The van der Waals surface area contributed by atoms with Gasteiger partial charge in [0.05, 0.1) is 5.54 Å². The zero-order valence-corrected chi connectivity index (χ0v) is 12.1. The highest BCUT2D eigenvalue weighted by molar-refractivity contribution is 5.08. The number of nitrogens with one attached hydrogen (secondary N) is 1. The van der Waals surface area contributed by atoms with Gasteiger partial charge in [0.25, 0.3) is 0 Å². The van der Waals surface area contributed by atoms with Gasteiger partial charge in [-0.3, -0.25) is 0 Å². The van der Waals surface area contributed by atoms with Gasteiger partial charge in [0.15, 0.2) is 5.82 Å². The molecule has 0 radical (unpaired) electrons. The topological polar surface area (TPSA) is 51.0 Å². The van der Waals surface area contributed by atoms with Crippen molar-refractivity contribution in [2.75, 3.05) is 6.54 Å². The predicted molar refractivity (Wildman–Crippen MR) is 73.9 cm³/mol. The maximum Gasteiger partial charge on any atom is 0.246 e. The molecule has 19 heavy (non-hydrogen) atoms. The first-order valence-corrected chi connectivity index (χ1v) is 7.82. The van der Waals surface area contributed by atoms with Crippen LogP contribution in [-0.2, 0) is 5.54 Å². The fourth-order valence-corrected chi connectivity index (χ4v) is 3.56. The van der Waals surface area contributed by atoms with Crippen LogP contribution in [0.2, 0.25) is 0 Å². The Morgan fingerprint density at radius 1 is 1.32 bits per heavy atom. The van der Waals surface area contributed by atoms with Crippen molar-refractivity contribution in [1.82, 2.24) is 15.5 Å².